The number of rotatable bonds is 6. The number of non-ortho nitro benzene ring substituents is 1. The van der Waals surface area contributed by atoms with Gasteiger partial charge in [-0.05, 0) is 30.7 Å². The molecule has 0 spiro atoms. The molecule has 134 valence electrons. The summed E-state index contributed by atoms with van der Waals surface area (Å²) in [7, 11) is 0. The van der Waals surface area contributed by atoms with Gasteiger partial charge >= 0.3 is 0 Å². The number of hydrogen-bond donors (Lipinski definition) is 2. The van der Waals surface area contributed by atoms with Crippen LogP contribution in [-0.2, 0) is 9.59 Å². The second kappa shape index (κ2) is 7.64. The van der Waals surface area contributed by atoms with Gasteiger partial charge in [-0.25, -0.2) is 0 Å². The van der Waals surface area contributed by atoms with E-state index in [-0.39, 0.29) is 24.0 Å². The summed E-state index contributed by atoms with van der Waals surface area (Å²) in [4.78, 5) is 35.9. The maximum atomic E-state index is 12.1. The van der Waals surface area contributed by atoms with Crippen LogP contribution in [0.15, 0.2) is 48.5 Å². The zero-order valence-corrected chi connectivity index (χ0v) is 14.0. The Morgan fingerprint density at radius 3 is 2.54 bits per heavy atom. The first kappa shape index (κ1) is 17.4. The molecule has 1 aliphatic rings. The van der Waals surface area contributed by atoms with Gasteiger partial charge in [0.15, 0.2) is 0 Å². The summed E-state index contributed by atoms with van der Waals surface area (Å²) in [5, 5.41) is 16.4. The fraction of sp³-hybridized carbons (Fsp3) is 0.222. The normalized spacial score (nSPS) is 13.5. The maximum Gasteiger partial charge on any atom is 0.269 e. The van der Waals surface area contributed by atoms with Gasteiger partial charge in [-0.2, -0.15) is 0 Å². The Morgan fingerprint density at radius 2 is 1.88 bits per heavy atom. The lowest BCUT2D eigenvalue weighted by Gasteiger charge is -2.20. The number of amides is 2. The monoisotopic (exact) mass is 354 g/mol. The maximum absolute atomic E-state index is 12.1. The van der Waals surface area contributed by atoms with Crippen LogP contribution in [0.3, 0.4) is 0 Å². The Hall–Kier alpha value is -3.42. The summed E-state index contributed by atoms with van der Waals surface area (Å²) in [5.41, 5.74) is 1.91. The number of nitro groups is 1. The number of carbonyl (C=O) groups excluding carboxylic acids is 2. The van der Waals surface area contributed by atoms with E-state index in [1.54, 1.807) is 4.90 Å². The average Bonchev–Trinajstić information content (AvgIpc) is 3.06. The molecule has 1 heterocycles. The SMILES string of the molecule is O=C(CNc1ccccc1N1CCCC1=O)Nc1ccc([N+](=O)[O-])cc1. The topological polar surface area (TPSA) is 105 Å². The zero-order chi connectivity index (χ0) is 18.5. The van der Waals surface area contributed by atoms with E-state index in [9.17, 15) is 19.7 Å². The van der Waals surface area contributed by atoms with E-state index in [0.29, 0.717) is 24.3 Å². The molecule has 3 rings (SSSR count). The third kappa shape index (κ3) is 3.97. The number of carbonyl (C=O) groups is 2. The Bertz CT molecular complexity index is 835. The Labute approximate surface area is 150 Å². The molecule has 1 aliphatic heterocycles. The summed E-state index contributed by atoms with van der Waals surface area (Å²) in [6.07, 6.45) is 1.36. The lowest BCUT2D eigenvalue weighted by molar-refractivity contribution is -0.384. The van der Waals surface area contributed by atoms with Crippen LogP contribution in [0, 0.1) is 10.1 Å². The Morgan fingerprint density at radius 1 is 1.15 bits per heavy atom. The van der Waals surface area contributed by atoms with Crippen molar-refractivity contribution in [2.75, 3.05) is 28.6 Å². The van der Waals surface area contributed by atoms with Crippen molar-refractivity contribution in [3.8, 4) is 0 Å². The van der Waals surface area contributed by atoms with Gasteiger partial charge in [-0.15, -0.1) is 0 Å². The molecule has 8 heteroatoms. The molecular formula is C18H18N4O4. The van der Waals surface area contributed by atoms with Crippen molar-refractivity contribution in [1.29, 1.82) is 0 Å². The highest BCUT2D eigenvalue weighted by atomic mass is 16.6. The van der Waals surface area contributed by atoms with Gasteiger partial charge in [-0.1, -0.05) is 12.1 Å². The first-order valence-electron chi connectivity index (χ1n) is 8.22. The predicted octanol–water partition coefficient (Wildman–Crippen LogP) is 2.77. The van der Waals surface area contributed by atoms with Crippen molar-refractivity contribution in [2.45, 2.75) is 12.8 Å². The van der Waals surface area contributed by atoms with E-state index in [4.69, 9.17) is 0 Å². The van der Waals surface area contributed by atoms with Crippen molar-refractivity contribution in [1.82, 2.24) is 0 Å². The number of nitrogens with one attached hydrogen (secondary N) is 2. The van der Waals surface area contributed by atoms with Gasteiger partial charge in [-0.3, -0.25) is 19.7 Å². The largest absolute Gasteiger partial charge is 0.374 e. The summed E-state index contributed by atoms with van der Waals surface area (Å²) < 4.78 is 0. The van der Waals surface area contributed by atoms with Gasteiger partial charge < -0.3 is 15.5 Å². The minimum absolute atomic E-state index is 0.00995. The number of hydrogen-bond acceptors (Lipinski definition) is 5. The highest BCUT2D eigenvalue weighted by molar-refractivity contribution is 5.99. The fourth-order valence-corrected chi connectivity index (χ4v) is 2.81. The second-order valence-electron chi connectivity index (χ2n) is 5.87. The summed E-state index contributed by atoms with van der Waals surface area (Å²) in [5.74, 6) is -0.212. The fourth-order valence-electron chi connectivity index (χ4n) is 2.81. The Kier molecular flexibility index (Phi) is 5.12. The Balaban J connectivity index is 1.61. The van der Waals surface area contributed by atoms with Crippen LogP contribution in [-0.4, -0.2) is 29.8 Å². The van der Waals surface area contributed by atoms with Crippen molar-refractivity contribution >= 4 is 34.6 Å². The van der Waals surface area contributed by atoms with Gasteiger partial charge in [0.1, 0.15) is 0 Å². The van der Waals surface area contributed by atoms with Crippen LogP contribution >= 0.6 is 0 Å². The molecule has 0 radical (unpaired) electrons. The first-order chi connectivity index (χ1) is 12.5. The van der Waals surface area contributed by atoms with E-state index < -0.39 is 4.92 Å². The molecule has 0 aliphatic carbocycles. The van der Waals surface area contributed by atoms with E-state index in [1.807, 2.05) is 24.3 Å². The van der Waals surface area contributed by atoms with E-state index in [2.05, 4.69) is 10.6 Å². The van der Waals surface area contributed by atoms with Crippen molar-refractivity contribution in [2.24, 2.45) is 0 Å². The van der Waals surface area contributed by atoms with Crippen molar-refractivity contribution in [3.05, 3.63) is 58.6 Å². The molecule has 1 saturated heterocycles. The molecule has 1 fully saturated rings. The van der Waals surface area contributed by atoms with Gasteiger partial charge in [0.05, 0.1) is 22.8 Å². The lowest BCUT2D eigenvalue weighted by atomic mass is 10.2. The quantitative estimate of drug-likeness (QED) is 0.613. The third-order valence-corrected chi connectivity index (χ3v) is 4.07. The molecule has 2 amide bonds. The van der Waals surface area contributed by atoms with E-state index in [1.165, 1.54) is 24.3 Å². The molecule has 0 bridgehead atoms. The zero-order valence-electron chi connectivity index (χ0n) is 14.0. The number of para-hydroxylation sites is 2. The molecule has 0 aromatic heterocycles. The molecule has 0 unspecified atom stereocenters. The van der Waals surface area contributed by atoms with Crippen molar-refractivity contribution < 1.29 is 14.5 Å². The van der Waals surface area contributed by atoms with Crippen LogP contribution in [0.2, 0.25) is 0 Å². The van der Waals surface area contributed by atoms with Crippen LogP contribution in [0.5, 0.6) is 0 Å². The standard InChI is InChI=1S/C18H18N4O4/c23-17(20-13-7-9-14(10-8-13)22(25)26)12-19-15-4-1-2-5-16(15)21-11-3-6-18(21)24/h1-2,4-5,7-10,19H,3,6,11-12H2,(H,20,23). The molecule has 26 heavy (non-hydrogen) atoms. The summed E-state index contributed by atoms with van der Waals surface area (Å²) in [6.45, 7) is 0.683. The van der Waals surface area contributed by atoms with Gasteiger partial charge in [0.2, 0.25) is 11.8 Å². The molecule has 0 atom stereocenters. The summed E-state index contributed by atoms with van der Waals surface area (Å²) >= 11 is 0. The number of nitrogens with zero attached hydrogens (tertiary/aromatic N) is 2. The smallest absolute Gasteiger partial charge is 0.269 e. The molecular weight excluding hydrogens is 336 g/mol. The number of benzene rings is 2. The first-order valence-corrected chi connectivity index (χ1v) is 8.22. The molecule has 8 nitrogen and oxygen atoms in total. The van der Waals surface area contributed by atoms with Crippen LogP contribution in [0.1, 0.15) is 12.8 Å². The van der Waals surface area contributed by atoms with Crippen LogP contribution in [0.4, 0.5) is 22.7 Å². The number of nitro benzene ring substituents is 1. The van der Waals surface area contributed by atoms with E-state index >= 15 is 0 Å². The third-order valence-electron chi connectivity index (χ3n) is 4.07. The molecule has 2 aromatic carbocycles. The summed E-state index contributed by atoms with van der Waals surface area (Å²) in [6, 6.07) is 13.0. The highest BCUT2D eigenvalue weighted by Gasteiger charge is 2.23. The second-order valence-corrected chi connectivity index (χ2v) is 5.87. The molecule has 2 aromatic rings. The molecule has 2 N–H and O–H groups in total. The van der Waals surface area contributed by atoms with E-state index in [0.717, 1.165) is 12.1 Å². The highest BCUT2D eigenvalue weighted by Crippen LogP contribution is 2.29. The molecule has 0 saturated carbocycles. The average molecular weight is 354 g/mol. The van der Waals surface area contributed by atoms with Crippen LogP contribution < -0.4 is 15.5 Å². The minimum Gasteiger partial charge on any atom is -0.374 e. The number of anilines is 3. The van der Waals surface area contributed by atoms with Gasteiger partial charge in [0, 0.05) is 30.8 Å². The van der Waals surface area contributed by atoms with Crippen LogP contribution in [0.25, 0.3) is 0 Å². The predicted molar refractivity (Wildman–Crippen MR) is 98.2 cm³/mol. The van der Waals surface area contributed by atoms with Gasteiger partial charge in [0.25, 0.3) is 5.69 Å². The lowest BCUT2D eigenvalue weighted by Crippen LogP contribution is -2.26. The minimum atomic E-state index is -0.496. The van der Waals surface area contributed by atoms with Crippen molar-refractivity contribution in [3.63, 3.8) is 0 Å².